The second kappa shape index (κ2) is 7.13. The fourth-order valence-corrected chi connectivity index (χ4v) is 1.82. The van der Waals surface area contributed by atoms with Gasteiger partial charge in [0.25, 0.3) is 0 Å². The number of aromatic nitrogens is 2. The van der Waals surface area contributed by atoms with Gasteiger partial charge in [-0.3, -0.25) is 4.79 Å². The number of nitrogens with one attached hydrogen (secondary N) is 2. The van der Waals surface area contributed by atoms with Crippen LogP contribution >= 0.6 is 0 Å². The zero-order chi connectivity index (χ0) is 14.4. The minimum atomic E-state index is 0.00853. The number of hydrogen-bond donors (Lipinski definition) is 2. The predicted octanol–water partition coefficient (Wildman–Crippen LogP) is 0.599. The molecule has 1 aromatic rings. The minimum absolute atomic E-state index is 0.00853. The summed E-state index contributed by atoms with van der Waals surface area (Å²) in [5, 5.41) is 10.3. The van der Waals surface area contributed by atoms with Gasteiger partial charge in [0.05, 0.1) is 24.9 Å². The SMILES string of the molecule is COc1c(CNCC(=O)NCC(C)C)c(C)nn1C. The molecule has 0 saturated carbocycles. The van der Waals surface area contributed by atoms with Crippen LogP contribution in [-0.2, 0) is 18.4 Å². The van der Waals surface area contributed by atoms with Crippen LogP contribution in [-0.4, -0.2) is 35.9 Å². The van der Waals surface area contributed by atoms with E-state index in [0.29, 0.717) is 25.6 Å². The molecule has 6 heteroatoms. The molecule has 0 aliphatic rings. The molecule has 0 aromatic carbocycles. The minimum Gasteiger partial charge on any atom is -0.481 e. The quantitative estimate of drug-likeness (QED) is 0.760. The molecule has 0 radical (unpaired) electrons. The number of methoxy groups -OCH3 is 1. The first-order valence-electron chi connectivity index (χ1n) is 6.49. The molecule has 0 spiro atoms. The lowest BCUT2D eigenvalue weighted by Gasteiger charge is -2.09. The van der Waals surface area contributed by atoms with Crippen LogP contribution in [0.3, 0.4) is 0 Å². The van der Waals surface area contributed by atoms with Gasteiger partial charge in [-0.15, -0.1) is 0 Å². The summed E-state index contributed by atoms with van der Waals surface area (Å²) >= 11 is 0. The molecule has 0 aliphatic carbocycles. The van der Waals surface area contributed by atoms with Crippen LogP contribution in [0.2, 0.25) is 0 Å². The van der Waals surface area contributed by atoms with E-state index in [9.17, 15) is 4.79 Å². The summed E-state index contributed by atoms with van der Waals surface area (Å²) in [5.74, 6) is 1.20. The molecular weight excluding hydrogens is 244 g/mol. The van der Waals surface area contributed by atoms with Gasteiger partial charge in [-0.25, -0.2) is 4.68 Å². The van der Waals surface area contributed by atoms with Crippen molar-refractivity contribution in [3.8, 4) is 5.88 Å². The molecule has 0 atom stereocenters. The van der Waals surface area contributed by atoms with Gasteiger partial charge in [0.1, 0.15) is 0 Å². The van der Waals surface area contributed by atoms with Crippen molar-refractivity contribution in [1.29, 1.82) is 0 Å². The molecule has 108 valence electrons. The highest BCUT2D eigenvalue weighted by Gasteiger charge is 2.13. The normalized spacial score (nSPS) is 10.8. The Labute approximate surface area is 114 Å². The predicted molar refractivity (Wildman–Crippen MR) is 74.1 cm³/mol. The van der Waals surface area contributed by atoms with Crippen molar-refractivity contribution < 1.29 is 9.53 Å². The Morgan fingerprint density at radius 2 is 2.16 bits per heavy atom. The van der Waals surface area contributed by atoms with Gasteiger partial charge in [0.2, 0.25) is 11.8 Å². The number of nitrogens with zero attached hydrogens (tertiary/aromatic N) is 2. The standard InChI is InChI=1S/C13H24N4O2/c1-9(2)6-15-12(18)8-14-7-11-10(3)16-17(4)13(11)19-5/h9,14H,6-8H2,1-5H3,(H,15,18). The summed E-state index contributed by atoms with van der Waals surface area (Å²) in [6.45, 7) is 7.63. The molecule has 0 unspecified atom stereocenters. The summed E-state index contributed by atoms with van der Waals surface area (Å²) in [4.78, 5) is 11.6. The molecule has 19 heavy (non-hydrogen) atoms. The van der Waals surface area contributed by atoms with Crippen LogP contribution < -0.4 is 15.4 Å². The smallest absolute Gasteiger partial charge is 0.233 e. The number of rotatable bonds is 7. The molecule has 6 nitrogen and oxygen atoms in total. The first-order chi connectivity index (χ1) is 8.95. The van der Waals surface area contributed by atoms with Gasteiger partial charge in [-0.05, 0) is 12.8 Å². The topological polar surface area (TPSA) is 68.2 Å². The van der Waals surface area contributed by atoms with E-state index in [-0.39, 0.29) is 5.91 Å². The number of ether oxygens (including phenoxy) is 1. The van der Waals surface area contributed by atoms with Crippen molar-refractivity contribution in [1.82, 2.24) is 20.4 Å². The lowest BCUT2D eigenvalue weighted by Crippen LogP contribution is -2.35. The molecule has 1 aromatic heterocycles. The summed E-state index contributed by atoms with van der Waals surface area (Å²) in [6.07, 6.45) is 0. The van der Waals surface area contributed by atoms with Gasteiger partial charge in [-0.1, -0.05) is 13.8 Å². The Morgan fingerprint density at radius 3 is 2.74 bits per heavy atom. The number of carbonyl (C=O) groups excluding carboxylic acids is 1. The van der Waals surface area contributed by atoms with E-state index in [0.717, 1.165) is 17.1 Å². The molecule has 1 rings (SSSR count). The zero-order valence-electron chi connectivity index (χ0n) is 12.4. The Morgan fingerprint density at radius 1 is 1.47 bits per heavy atom. The Balaban J connectivity index is 2.43. The fourth-order valence-electron chi connectivity index (χ4n) is 1.82. The maximum atomic E-state index is 11.6. The second-order valence-corrected chi connectivity index (χ2v) is 5.00. The maximum Gasteiger partial charge on any atom is 0.233 e. The van der Waals surface area contributed by atoms with Crippen molar-refractivity contribution in [3.05, 3.63) is 11.3 Å². The van der Waals surface area contributed by atoms with Gasteiger partial charge in [-0.2, -0.15) is 5.10 Å². The zero-order valence-corrected chi connectivity index (χ0v) is 12.4. The van der Waals surface area contributed by atoms with Gasteiger partial charge < -0.3 is 15.4 Å². The average molecular weight is 268 g/mol. The second-order valence-electron chi connectivity index (χ2n) is 5.00. The molecular formula is C13H24N4O2. The van der Waals surface area contributed by atoms with Gasteiger partial charge in [0.15, 0.2) is 0 Å². The highest BCUT2D eigenvalue weighted by atomic mass is 16.5. The van der Waals surface area contributed by atoms with E-state index < -0.39 is 0 Å². The molecule has 0 saturated heterocycles. The van der Waals surface area contributed by atoms with E-state index >= 15 is 0 Å². The van der Waals surface area contributed by atoms with Gasteiger partial charge in [0, 0.05) is 20.1 Å². The third-order valence-electron chi connectivity index (χ3n) is 2.78. The number of amides is 1. The van der Waals surface area contributed by atoms with Crippen LogP contribution in [0.15, 0.2) is 0 Å². The maximum absolute atomic E-state index is 11.6. The highest BCUT2D eigenvalue weighted by molar-refractivity contribution is 5.77. The van der Waals surface area contributed by atoms with E-state index in [2.05, 4.69) is 29.6 Å². The third kappa shape index (κ3) is 4.55. The summed E-state index contributed by atoms with van der Waals surface area (Å²) in [5.41, 5.74) is 1.90. The van der Waals surface area contributed by atoms with E-state index in [1.165, 1.54) is 0 Å². The molecule has 1 heterocycles. The monoisotopic (exact) mass is 268 g/mol. The number of hydrogen-bond acceptors (Lipinski definition) is 4. The number of carbonyl (C=O) groups is 1. The number of aryl methyl sites for hydroxylation is 2. The average Bonchev–Trinajstić information content (AvgIpc) is 2.61. The van der Waals surface area contributed by atoms with E-state index in [1.807, 2.05) is 14.0 Å². The lowest BCUT2D eigenvalue weighted by molar-refractivity contribution is -0.120. The van der Waals surface area contributed by atoms with Crippen LogP contribution in [0.5, 0.6) is 5.88 Å². The summed E-state index contributed by atoms with van der Waals surface area (Å²) < 4.78 is 6.99. The van der Waals surface area contributed by atoms with Crippen molar-refractivity contribution in [3.63, 3.8) is 0 Å². The summed E-state index contributed by atoms with van der Waals surface area (Å²) in [7, 11) is 3.46. The summed E-state index contributed by atoms with van der Waals surface area (Å²) in [6, 6.07) is 0. The molecule has 0 bridgehead atoms. The fraction of sp³-hybridized carbons (Fsp3) is 0.692. The van der Waals surface area contributed by atoms with Crippen LogP contribution in [0.25, 0.3) is 0 Å². The lowest BCUT2D eigenvalue weighted by atomic mass is 10.2. The van der Waals surface area contributed by atoms with E-state index in [4.69, 9.17) is 4.74 Å². The van der Waals surface area contributed by atoms with Crippen molar-refractivity contribution in [2.75, 3.05) is 20.2 Å². The first-order valence-corrected chi connectivity index (χ1v) is 6.49. The highest BCUT2D eigenvalue weighted by Crippen LogP contribution is 2.20. The molecule has 0 aliphatic heterocycles. The first kappa shape index (κ1) is 15.5. The molecule has 1 amide bonds. The van der Waals surface area contributed by atoms with Crippen LogP contribution in [0.4, 0.5) is 0 Å². The molecule has 2 N–H and O–H groups in total. The van der Waals surface area contributed by atoms with Crippen LogP contribution in [0, 0.1) is 12.8 Å². The Kier molecular flexibility index (Phi) is 5.82. The third-order valence-corrected chi connectivity index (χ3v) is 2.78. The van der Waals surface area contributed by atoms with Crippen molar-refractivity contribution in [2.45, 2.75) is 27.3 Å². The van der Waals surface area contributed by atoms with Gasteiger partial charge >= 0.3 is 0 Å². The van der Waals surface area contributed by atoms with E-state index in [1.54, 1.807) is 11.8 Å². The van der Waals surface area contributed by atoms with Crippen molar-refractivity contribution in [2.24, 2.45) is 13.0 Å². The van der Waals surface area contributed by atoms with Crippen LogP contribution in [0.1, 0.15) is 25.1 Å². The Bertz CT molecular complexity index is 427. The van der Waals surface area contributed by atoms with Crippen molar-refractivity contribution >= 4 is 5.91 Å². The Hall–Kier alpha value is -1.56. The largest absolute Gasteiger partial charge is 0.481 e. The molecule has 0 fully saturated rings.